The van der Waals surface area contributed by atoms with E-state index >= 15 is 0 Å². The van der Waals surface area contributed by atoms with Crippen LogP contribution in [-0.4, -0.2) is 75.0 Å². The molecule has 0 bridgehead atoms. The van der Waals surface area contributed by atoms with Gasteiger partial charge in [0.25, 0.3) is 0 Å². The van der Waals surface area contributed by atoms with Crippen molar-refractivity contribution in [3.05, 3.63) is 53.7 Å². The predicted molar refractivity (Wildman–Crippen MR) is 120 cm³/mol. The van der Waals surface area contributed by atoms with Crippen molar-refractivity contribution in [3.8, 4) is 0 Å². The number of rotatable bonds is 7. The maximum atomic E-state index is 12.7. The number of pyridine rings is 1. The van der Waals surface area contributed by atoms with E-state index in [4.69, 9.17) is 4.74 Å². The number of carbonyl (C=O) groups excluding carboxylic acids is 1. The van der Waals surface area contributed by atoms with Crippen LogP contribution in [0.5, 0.6) is 0 Å². The first-order valence-corrected chi connectivity index (χ1v) is 11.8. The van der Waals surface area contributed by atoms with Crippen molar-refractivity contribution >= 4 is 21.8 Å². The standard InChI is InChI=1S/C22H30N4O4S/c1-17(2)30-22(27)19-9-7-11-23-21(19)26-14-12-25(13-15-26)16-18-8-5-6-10-20(18)31(28,29)24(3)4/h5-11,17H,12-16H2,1-4H3. The van der Waals surface area contributed by atoms with E-state index in [2.05, 4.69) is 14.8 Å². The van der Waals surface area contributed by atoms with Crippen LogP contribution in [-0.2, 0) is 21.3 Å². The first-order chi connectivity index (χ1) is 14.7. The molecule has 2 aromatic rings. The minimum atomic E-state index is -3.50. The predicted octanol–water partition coefficient (Wildman–Crippen LogP) is 2.22. The zero-order valence-electron chi connectivity index (χ0n) is 18.5. The van der Waals surface area contributed by atoms with Crippen molar-refractivity contribution in [2.75, 3.05) is 45.2 Å². The second-order valence-electron chi connectivity index (χ2n) is 7.99. The minimum Gasteiger partial charge on any atom is -0.459 e. The van der Waals surface area contributed by atoms with E-state index < -0.39 is 10.0 Å². The van der Waals surface area contributed by atoms with Crippen molar-refractivity contribution in [2.45, 2.75) is 31.4 Å². The molecule has 0 saturated carbocycles. The monoisotopic (exact) mass is 446 g/mol. The van der Waals surface area contributed by atoms with Crippen LogP contribution in [0.3, 0.4) is 0 Å². The normalized spacial score (nSPS) is 15.5. The van der Waals surface area contributed by atoms with Gasteiger partial charge in [-0.05, 0) is 37.6 Å². The topological polar surface area (TPSA) is 83.0 Å². The number of hydrogen-bond acceptors (Lipinski definition) is 7. The van der Waals surface area contributed by atoms with E-state index in [9.17, 15) is 13.2 Å². The van der Waals surface area contributed by atoms with Gasteiger partial charge in [0.05, 0.1) is 11.0 Å². The van der Waals surface area contributed by atoms with Crippen LogP contribution in [0, 0.1) is 0 Å². The van der Waals surface area contributed by atoms with Gasteiger partial charge in [0.15, 0.2) is 0 Å². The Morgan fingerprint density at radius 1 is 1.10 bits per heavy atom. The number of benzene rings is 1. The Morgan fingerprint density at radius 2 is 1.77 bits per heavy atom. The highest BCUT2D eigenvalue weighted by Gasteiger charge is 2.26. The van der Waals surface area contributed by atoms with Gasteiger partial charge in [0.1, 0.15) is 11.4 Å². The summed E-state index contributed by atoms with van der Waals surface area (Å²) in [5.41, 5.74) is 1.25. The molecular weight excluding hydrogens is 416 g/mol. The number of carbonyl (C=O) groups is 1. The molecule has 3 rings (SSSR count). The van der Waals surface area contributed by atoms with Gasteiger partial charge in [-0.25, -0.2) is 22.5 Å². The van der Waals surface area contributed by atoms with Gasteiger partial charge in [-0.3, -0.25) is 4.90 Å². The van der Waals surface area contributed by atoms with Gasteiger partial charge in [-0.1, -0.05) is 18.2 Å². The summed E-state index contributed by atoms with van der Waals surface area (Å²) in [4.78, 5) is 21.5. The molecule has 2 heterocycles. The van der Waals surface area contributed by atoms with E-state index in [1.165, 1.54) is 4.31 Å². The minimum absolute atomic E-state index is 0.198. The molecule has 0 aliphatic carbocycles. The molecular formula is C22H30N4O4S. The van der Waals surface area contributed by atoms with Crippen molar-refractivity contribution in [1.29, 1.82) is 0 Å². The first-order valence-electron chi connectivity index (χ1n) is 10.3. The average Bonchev–Trinajstić information content (AvgIpc) is 2.74. The summed E-state index contributed by atoms with van der Waals surface area (Å²) in [6, 6.07) is 10.6. The summed E-state index contributed by atoms with van der Waals surface area (Å²) in [5, 5.41) is 0. The third kappa shape index (κ3) is 5.41. The van der Waals surface area contributed by atoms with Crippen molar-refractivity contribution in [1.82, 2.24) is 14.2 Å². The largest absolute Gasteiger partial charge is 0.459 e. The van der Waals surface area contributed by atoms with Crippen LogP contribution >= 0.6 is 0 Å². The lowest BCUT2D eigenvalue weighted by atomic mass is 10.2. The fraction of sp³-hybridized carbons (Fsp3) is 0.455. The Hall–Kier alpha value is -2.49. The average molecular weight is 447 g/mol. The highest BCUT2D eigenvalue weighted by Crippen LogP contribution is 2.23. The van der Waals surface area contributed by atoms with Crippen LogP contribution in [0.1, 0.15) is 29.8 Å². The Bertz CT molecular complexity index is 1020. The molecule has 31 heavy (non-hydrogen) atoms. The van der Waals surface area contributed by atoms with E-state index in [0.717, 1.165) is 18.7 Å². The molecule has 0 unspecified atom stereocenters. The first kappa shape index (κ1) is 23.2. The molecule has 0 N–H and O–H groups in total. The molecule has 1 aromatic carbocycles. The van der Waals surface area contributed by atoms with Gasteiger partial charge in [-0.2, -0.15) is 0 Å². The fourth-order valence-electron chi connectivity index (χ4n) is 3.53. The second-order valence-corrected chi connectivity index (χ2v) is 10.1. The molecule has 1 fully saturated rings. The molecule has 0 atom stereocenters. The zero-order valence-corrected chi connectivity index (χ0v) is 19.3. The fourth-order valence-corrected chi connectivity index (χ4v) is 4.64. The zero-order chi connectivity index (χ0) is 22.6. The van der Waals surface area contributed by atoms with Gasteiger partial charge in [0, 0.05) is 53.0 Å². The van der Waals surface area contributed by atoms with Gasteiger partial charge in [0.2, 0.25) is 10.0 Å². The SMILES string of the molecule is CC(C)OC(=O)c1cccnc1N1CCN(Cc2ccccc2S(=O)(=O)N(C)C)CC1. The molecule has 1 aromatic heterocycles. The number of piperazine rings is 1. The Labute approximate surface area is 184 Å². The van der Waals surface area contributed by atoms with Crippen molar-refractivity contribution in [3.63, 3.8) is 0 Å². The van der Waals surface area contributed by atoms with E-state index in [1.807, 2.05) is 26.0 Å². The highest BCUT2D eigenvalue weighted by molar-refractivity contribution is 7.89. The summed E-state index contributed by atoms with van der Waals surface area (Å²) in [5.74, 6) is 0.256. The molecule has 0 radical (unpaired) electrons. The number of anilines is 1. The summed E-state index contributed by atoms with van der Waals surface area (Å²) >= 11 is 0. The summed E-state index contributed by atoms with van der Waals surface area (Å²) < 4.78 is 31.9. The van der Waals surface area contributed by atoms with Crippen LogP contribution in [0.4, 0.5) is 5.82 Å². The second kappa shape index (κ2) is 9.76. The summed E-state index contributed by atoms with van der Waals surface area (Å²) in [6.07, 6.45) is 1.48. The molecule has 1 saturated heterocycles. The highest BCUT2D eigenvalue weighted by atomic mass is 32.2. The number of aromatic nitrogens is 1. The maximum Gasteiger partial charge on any atom is 0.342 e. The van der Waals surface area contributed by atoms with E-state index in [1.54, 1.807) is 44.6 Å². The van der Waals surface area contributed by atoms with Crippen molar-refractivity contribution < 1.29 is 17.9 Å². The van der Waals surface area contributed by atoms with Crippen LogP contribution < -0.4 is 4.90 Å². The summed E-state index contributed by atoms with van der Waals surface area (Å²) in [6.45, 7) is 7.00. The van der Waals surface area contributed by atoms with Gasteiger partial charge >= 0.3 is 5.97 Å². The molecule has 0 amide bonds. The van der Waals surface area contributed by atoms with Crippen LogP contribution in [0.15, 0.2) is 47.5 Å². The lowest BCUT2D eigenvalue weighted by Crippen LogP contribution is -2.47. The molecule has 1 aliphatic heterocycles. The Morgan fingerprint density at radius 3 is 2.42 bits per heavy atom. The number of sulfonamides is 1. The van der Waals surface area contributed by atoms with Gasteiger partial charge < -0.3 is 9.64 Å². The van der Waals surface area contributed by atoms with E-state index in [-0.39, 0.29) is 12.1 Å². The quantitative estimate of drug-likeness (QED) is 0.603. The lowest BCUT2D eigenvalue weighted by Gasteiger charge is -2.36. The maximum absolute atomic E-state index is 12.7. The number of esters is 1. The molecule has 168 valence electrons. The Balaban J connectivity index is 1.71. The van der Waals surface area contributed by atoms with Crippen LogP contribution in [0.25, 0.3) is 0 Å². The lowest BCUT2D eigenvalue weighted by molar-refractivity contribution is 0.0378. The number of nitrogens with zero attached hydrogens (tertiary/aromatic N) is 4. The Kier molecular flexibility index (Phi) is 7.30. The molecule has 8 nitrogen and oxygen atoms in total. The number of hydrogen-bond donors (Lipinski definition) is 0. The summed E-state index contributed by atoms with van der Waals surface area (Å²) in [7, 11) is -0.420. The number of ether oxygens (including phenoxy) is 1. The van der Waals surface area contributed by atoms with Crippen molar-refractivity contribution in [2.24, 2.45) is 0 Å². The third-order valence-corrected chi connectivity index (χ3v) is 7.06. The smallest absolute Gasteiger partial charge is 0.342 e. The molecule has 9 heteroatoms. The van der Waals surface area contributed by atoms with Crippen LogP contribution in [0.2, 0.25) is 0 Å². The van der Waals surface area contributed by atoms with Gasteiger partial charge in [-0.15, -0.1) is 0 Å². The molecule has 1 aliphatic rings. The van der Waals surface area contributed by atoms with E-state index in [0.29, 0.717) is 35.9 Å². The molecule has 0 spiro atoms. The third-order valence-electron chi connectivity index (χ3n) is 5.15.